The topological polar surface area (TPSA) is 114 Å². The molecule has 0 bridgehead atoms. The molecule has 2 aromatic rings. The van der Waals surface area contributed by atoms with Gasteiger partial charge in [0, 0.05) is 0 Å². The minimum absolute atomic E-state index is 0.157. The van der Waals surface area contributed by atoms with Crippen molar-refractivity contribution in [3.63, 3.8) is 0 Å². The van der Waals surface area contributed by atoms with Crippen molar-refractivity contribution in [2.75, 3.05) is 6.61 Å². The van der Waals surface area contributed by atoms with Gasteiger partial charge in [0.2, 0.25) is 0 Å². The first-order valence-electron chi connectivity index (χ1n) is 6.02. The third-order valence-electron chi connectivity index (χ3n) is 3.36. The van der Waals surface area contributed by atoms with Gasteiger partial charge < -0.3 is 20.1 Å². The molecule has 3 rings (SSSR count). The van der Waals surface area contributed by atoms with Crippen LogP contribution in [0.4, 0.5) is 4.39 Å². The van der Waals surface area contributed by atoms with E-state index in [0.29, 0.717) is 11.2 Å². The van der Waals surface area contributed by atoms with E-state index >= 15 is 0 Å². The largest absolute Gasteiger partial charge is 0.394 e. The molecule has 2 aromatic heterocycles. The Kier molecular flexibility index (Phi) is 3.13. The van der Waals surface area contributed by atoms with Crippen LogP contribution in [0.5, 0.6) is 0 Å². The van der Waals surface area contributed by atoms with Crippen molar-refractivity contribution >= 4 is 11.2 Å². The zero-order chi connectivity index (χ0) is 14.4. The summed E-state index contributed by atoms with van der Waals surface area (Å²) < 4.78 is 20.0. The summed E-state index contributed by atoms with van der Waals surface area (Å²) in [4.78, 5) is 11.2. The smallest absolute Gasteiger partial charge is 0.310 e. The summed E-state index contributed by atoms with van der Waals surface area (Å²) in [5.74, 6) is 0. The van der Waals surface area contributed by atoms with Crippen molar-refractivity contribution < 1.29 is 24.4 Å². The molecular formula is C11H13FN4O4. The number of fused-ring (bicyclic) bond motifs is 1. The van der Waals surface area contributed by atoms with Gasteiger partial charge in [-0.1, -0.05) is 0 Å². The zero-order valence-electron chi connectivity index (χ0n) is 10.5. The number of aliphatic hydroxyl groups excluding tert-OH is 3. The standard InChI is InChI=1S/C11H13FN4O4/c1-4-6-9(15-11(12)14-4)16(3-13-6)10-8(19)7(18)5(2-17)20-10/h3,5,7-8,10,17-19H,2H2,1H3/t5-,7-,8-,10-/m1/s1. The summed E-state index contributed by atoms with van der Waals surface area (Å²) in [6, 6.07) is 0. The van der Waals surface area contributed by atoms with Crippen LogP contribution in [-0.4, -0.2) is 59.8 Å². The maximum Gasteiger partial charge on any atom is 0.310 e. The Balaban J connectivity index is 2.07. The van der Waals surface area contributed by atoms with E-state index in [0.717, 1.165) is 0 Å². The molecule has 108 valence electrons. The van der Waals surface area contributed by atoms with Gasteiger partial charge in [0.25, 0.3) is 0 Å². The van der Waals surface area contributed by atoms with E-state index in [-0.39, 0.29) is 5.65 Å². The van der Waals surface area contributed by atoms with Crippen molar-refractivity contribution in [2.24, 2.45) is 0 Å². The number of ether oxygens (including phenoxy) is 1. The fraction of sp³-hybridized carbons (Fsp3) is 0.545. The van der Waals surface area contributed by atoms with Gasteiger partial charge in [0.15, 0.2) is 11.9 Å². The summed E-state index contributed by atoms with van der Waals surface area (Å²) in [7, 11) is 0. The second-order valence-electron chi connectivity index (χ2n) is 4.63. The number of aryl methyl sites for hydroxylation is 1. The third kappa shape index (κ3) is 1.86. The van der Waals surface area contributed by atoms with Gasteiger partial charge in [-0.15, -0.1) is 0 Å². The minimum Gasteiger partial charge on any atom is -0.394 e. The number of hydrogen-bond acceptors (Lipinski definition) is 7. The molecule has 4 atom stereocenters. The molecule has 1 saturated heterocycles. The molecule has 1 aliphatic rings. The van der Waals surface area contributed by atoms with Gasteiger partial charge in [-0.2, -0.15) is 9.37 Å². The van der Waals surface area contributed by atoms with Crippen LogP contribution in [-0.2, 0) is 4.74 Å². The highest BCUT2D eigenvalue weighted by Gasteiger charge is 2.44. The highest BCUT2D eigenvalue weighted by molar-refractivity contribution is 5.72. The zero-order valence-corrected chi connectivity index (χ0v) is 10.5. The Hall–Kier alpha value is -1.68. The van der Waals surface area contributed by atoms with Crippen molar-refractivity contribution in [2.45, 2.75) is 31.5 Å². The monoisotopic (exact) mass is 284 g/mol. The summed E-state index contributed by atoms with van der Waals surface area (Å²) >= 11 is 0. The van der Waals surface area contributed by atoms with Crippen LogP contribution >= 0.6 is 0 Å². The number of imidazole rings is 1. The quantitative estimate of drug-likeness (QED) is 0.599. The fourth-order valence-corrected chi connectivity index (χ4v) is 2.32. The molecule has 0 aromatic carbocycles. The molecule has 9 heteroatoms. The van der Waals surface area contributed by atoms with E-state index in [2.05, 4.69) is 15.0 Å². The van der Waals surface area contributed by atoms with E-state index in [4.69, 9.17) is 9.84 Å². The van der Waals surface area contributed by atoms with E-state index in [1.807, 2.05) is 0 Å². The average Bonchev–Trinajstić information content (AvgIpc) is 2.93. The summed E-state index contributed by atoms with van der Waals surface area (Å²) in [5.41, 5.74) is 0.895. The van der Waals surface area contributed by atoms with Crippen molar-refractivity contribution in [3.05, 3.63) is 18.1 Å². The lowest BCUT2D eigenvalue weighted by molar-refractivity contribution is -0.0511. The second-order valence-corrected chi connectivity index (χ2v) is 4.63. The van der Waals surface area contributed by atoms with Crippen LogP contribution in [0.2, 0.25) is 0 Å². The van der Waals surface area contributed by atoms with Gasteiger partial charge in [-0.25, -0.2) is 9.97 Å². The van der Waals surface area contributed by atoms with E-state index in [1.54, 1.807) is 6.92 Å². The van der Waals surface area contributed by atoms with Gasteiger partial charge >= 0.3 is 6.08 Å². The molecule has 1 aliphatic heterocycles. The number of halogens is 1. The molecule has 1 fully saturated rings. The third-order valence-corrected chi connectivity index (χ3v) is 3.36. The Bertz CT molecular complexity index is 649. The molecule has 3 heterocycles. The number of nitrogens with zero attached hydrogens (tertiary/aromatic N) is 4. The highest BCUT2D eigenvalue weighted by atomic mass is 19.1. The van der Waals surface area contributed by atoms with Crippen LogP contribution in [0.25, 0.3) is 11.2 Å². The molecule has 8 nitrogen and oxygen atoms in total. The Morgan fingerprint density at radius 3 is 2.75 bits per heavy atom. The Morgan fingerprint density at radius 2 is 2.10 bits per heavy atom. The van der Waals surface area contributed by atoms with Crippen molar-refractivity contribution in [1.82, 2.24) is 19.5 Å². The minimum atomic E-state index is -1.28. The molecule has 0 unspecified atom stereocenters. The lowest BCUT2D eigenvalue weighted by Crippen LogP contribution is -2.33. The summed E-state index contributed by atoms with van der Waals surface area (Å²) in [6.07, 6.45) is -4.02. The van der Waals surface area contributed by atoms with E-state index in [1.165, 1.54) is 10.9 Å². The predicted octanol–water partition coefficient (Wildman–Crippen LogP) is -1.11. The second kappa shape index (κ2) is 4.70. The van der Waals surface area contributed by atoms with Gasteiger partial charge in [0.1, 0.15) is 23.8 Å². The molecule has 20 heavy (non-hydrogen) atoms. The van der Waals surface area contributed by atoms with Gasteiger partial charge in [0.05, 0.1) is 18.6 Å². The van der Waals surface area contributed by atoms with Gasteiger partial charge in [-0.3, -0.25) is 4.57 Å². The number of rotatable bonds is 2. The predicted molar refractivity (Wildman–Crippen MR) is 63.0 cm³/mol. The maximum atomic E-state index is 13.3. The number of aliphatic hydroxyl groups is 3. The molecule has 3 N–H and O–H groups in total. The van der Waals surface area contributed by atoms with Crippen LogP contribution < -0.4 is 0 Å². The SMILES string of the molecule is Cc1nc(F)nc2c1ncn2[C@@H]1O[C@H](CO)[C@@H](O)[C@H]1O. The average molecular weight is 284 g/mol. The lowest BCUT2D eigenvalue weighted by atomic mass is 10.1. The molecular weight excluding hydrogens is 271 g/mol. The first-order chi connectivity index (χ1) is 9.52. The molecule has 0 radical (unpaired) electrons. The summed E-state index contributed by atoms with van der Waals surface area (Å²) in [5, 5.41) is 28.8. The van der Waals surface area contributed by atoms with E-state index in [9.17, 15) is 14.6 Å². The van der Waals surface area contributed by atoms with Crippen LogP contribution in [0, 0.1) is 13.0 Å². The summed E-state index contributed by atoms with van der Waals surface area (Å²) in [6.45, 7) is 1.14. The number of aromatic nitrogens is 4. The molecule has 0 amide bonds. The normalized spacial score (nSPS) is 30.2. The van der Waals surface area contributed by atoms with Crippen molar-refractivity contribution in [3.8, 4) is 0 Å². The van der Waals surface area contributed by atoms with Crippen LogP contribution in [0.1, 0.15) is 11.9 Å². The van der Waals surface area contributed by atoms with Crippen LogP contribution in [0.3, 0.4) is 0 Å². The maximum absolute atomic E-state index is 13.3. The first kappa shape index (κ1) is 13.3. The number of hydrogen-bond donors (Lipinski definition) is 3. The van der Waals surface area contributed by atoms with Crippen LogP contribution in [0.15, 0.2) is 6.33 Å². The van der Waals surface area contributed by atoms with E-state index < -0.39 is 37.2 Å². The first-order valence-corrected chi connectivity index (χ1v) is 6.02. The fourth-order valence-electron chi connectivity index (χ4n) is 2.32. The molecule has 0 spiro atoms. The Labute approximate surface area is 112 Å². The molecule has 0 saturated carbocycles. The highest BCUT2D eigenvalue weighted by Crippen LogP contribution is 2.31. The lowest BCUT2D eigenvalue weighted by Gasteiger charge is -2.16. The Morgan fingerprint density at radius 1 is 1.35 bits per heavy atom. The van der Waals surface area contributed by atoms with Gasteiger partial charge in [-0.05, 0) is 6.92 Å². The molecule has 0 aliphatic carbocycles. The van der Waals surface area contributed by atoms with Crippen molar-refractivity contribution in [1.29, 1.82) is 0 Å².